The van der Waals surface area contributed by atoms with Crippen molar-refractivity contribution in [3.63, 3.8) is 0 Å². The van der Waals surface area contributed by atoms with Crippen LogP contribution in [0.5, 0.6) is 0 Å². The van der Waals surface area contributed by atoms with Crippen LogP contribution in [-0.2, 0) is 6.54 Å². The minimum Gasteiger partial charge on any atom is -0.396 e. The smallest absolute Gasteiger partial charge is 0.213 e. The summed E-state index contributed by atoms with van der Waals surface area (Å²) in [5, 5.41) is 14.2. The summed E-state index contributed by atoms with van der Waals surface area (Å²) >= 11 is 0. The lowest BCUT2D eigenvalue weighted by molar-refractivity contribution is -0.697. The lowest BCUT2D eigenvalue weighted by Crippen LogP contribution is -2.37. The van der Waals surface area contributed by atoms with Gasteiger partial charge in [0.05, 0.1) is 10.7 Å². The van der Waals surface area contributed by atoms with Crippen LogP contribution in [0.3, 0.4) is 0 Å². The van der Waals surface area contributed by atoms with Crippen LogP contribution in [0.4, 0.5) is 0 Å². The molecule has 1 aromatic heterocycles. The second-order valence-corrected chi connectivity index (χ2v) is 7.69. The third-order valence-corrected chi connectivity index (χ3v) is 5.73. The number of aliphatic hydroxyl groups is 1. The molecule has 0 radical (unpaired) electrons. The van der Waals surface area contributed by atoms with Gasteiger partial charge in [0.15, 0.2) is 12.7 Å². The van der Waals surface area contributed by atoms with Crippen molar-refractivity contribution in [1.82, 2.24) is 0 Å². The highest BCUT2D eigenvalue weighted by atomic mass is 16.3. The molecule has 1 aliphatic heterocycles. The Morgan fingerprint density at radius 3 is 2.76 bits per heavy atom. The van der Waals surface area contributed by atoms with Crippen molar-refractivity contribution < 1.29 is 9.67 Å². The number of aromatic nitrogens is 1. The van der Waals surface area contributed by atoms with Gasteiger partial charge in [0.2, 0.25) is 5.69 Å². The first kappa shape index (κ1) is 19.5. The van der Waals surface area contributed by atoms with E-state index in [-0.39, 0.29) is 6.61 Å². The number of hydrogen-bond acceptors (Lipinski definition) is 2. The molecule has 1 aliphatic rings. The van der Waals surface area contributed by atoms with Crippen LogP contribution in [-0.4, -0.2) is 18.3 Å². The minimum absolute atomic E-state index is 0.202. The SMILES string of the molecule is CCCC1CN=c2ccccc2=C1/C=C/c1c2ccccc2cc[n+]1CCCO. The molecular weight excluding hydrogens is 356 g/mol. The van der Waals surface area contributed by atoms with Gasteiger partial charge in [-0.15, -0.1) is 0 Å². The number of rotatable bonds is 7. The van der Waals surface area contributed by atoms with Crippen molar-refractivity contribution >= 4 is 22.4 Å². The Kier molecular flexibility index (Phi) is 6.16. The van der Waals surface area contributed by atoms with Gasteiger partial charge in [-0.2, -0.15) is 4.57 Å². The fourth-order valence-corrected chi connectivity index (χ4v) is 4.27. The number of benzene rings is 2. The van der Waals surface area contributed by atoms with Gasteiger partial charge in [0, 0.05) is 42.9 Å². The molecule has 0 amide bonds. The number of aliphatic hydroxyl groups excluding tert-OH is 1. The van der Waals surface area contributed by atoms with Crippen LogP contribution in [0, 0.1) is 5.92 Å². The zero-order valence-corrected chi connectivity index (χ0v) is 17.1. The molecule has 0 fully saturated rings. The van der Waals surface area contributed by atoms with Crippen LogP contribution in [0.1, 0.15) is 31.9 Å². The Labute approximate surface area is 172 Å². The summed E-state index contributed by atoms with van der Waals surface area (Å²) in [6.45, 7) is 4.12. The van der Waals surface area contributed by atoms with Gasteiger partial charge in [0.25, 0.3) is 0 Å². The predicted octanol–water partition coefficient (Wildman–Crippen LogP) is 3.42. The molecule has 0 bridgehead atoms. The van der Waals surface area contributed by atoms with Gasteiger partial charge in [0.1, 0.15) is 0 Å². The summed E-state index contributed by atoms with van der Waals surface area (Å²) in [6, 6.07) is 19.2. The van der Waals surface area contributed by atoms with Gasteiger partial charge in [-0.3, -0.25) is 4.99 Å². The molecule has 0 aliphatic carbocycles. The fourth-order valence-electron chi connectivity index (χ4n) is 4.27. The maximum Gasteiger partial charge on any atom is 0.213 e. The molecular formula is C26H29N2O+. The van der Waals surface area contributed by atoms with Crippen LogP contribution in [0.15, 0.2) is 71.9 Å². The molecule has 1 N–H and O–H groups in total. The average Bonchev–Trinajstić information content (AvgIpc) is 2.77. The number of fused-ring (bicyclic) bond motifs is 2. The van der Waals surface area contributed by atoms with Crippen molar-refractivity contribution in [2.24, 2.45) is 10.9 Å². The zero-order valence-electron chi connectivity index (χ0n) is 17.1. The van der Waals surface area contributed by atoms with Crippen LogP contribution >= 0.6 is 0 Å². The number of para-hydroxylation sites is 1. The van der Waals surface area contributed by atoms with E-state index in [4.69, 9.17) is 4.99 Å². The molecule has 0 spiro atoms. The van der Waals surface area contributed by atoms with Crippen LogP contribution in [0.25, 0.3) is 22.4 Å². The van der Waals surface area contributed by atoms with E-state index in [0.29, 0.717) is 5.92 Å². The topological polar surface area (TPSA) is 36.5 Å². The van der Waals surface area contributed by atoms with Crippen molar-refractivity contribution in [2.45, 2.75) is 32.7 Å². The molecule has 29 heavy (non-hydrogen) atoms. The Morgan fingerprint density at radius 1 is 1.07 bits per heavy atom. The summed E-state index contributed by atoms with van der Waals surface area (Å²) in [5.74, 6) is 0.465. The van der Waals surface area contributed by atoms with Crippen LogP contribution < -0.4 is 15.1 Å². The Bertz CT molecular complexity index is 1150. The molecule has 0 saturated carbocycles. The summed E-state index contributed by atoms with van der Waals surface area (Å²) in [7, 11) is 0. The first-order valence-electron chi connectivity index (χ1n) is 10.7. The van der Waals surface area contributed by atoms with Crippen LogP contribution in [0.2, 0.25) is 0 Å². The highest BCUT2D eigenvalue weighted by molar-refractivity contribution is 5.88. The third-order valence-electron chi connectivity index (χ3n) is 5.73. The molecule has 3 aromatic rings. The molecule has 3 heteroatoms. The predicted molar refractivity (Wildman–Crippen MR) is 119 cm³/mol. The largest absolute Gasteiger partial charge is 0.396 e. The fraction of sp³-hybridized carbons (Fsp3) is 0.308. The highest BCUT2D eigenvalue weighted by Gasteiger charge is 2.17. The number of nitrogens with zero attached hydrogens (tertiary/aromatic N) is 2. The first-order chi connectivity index (χ1) is 14.3. The number of aryl methyl sites for hydroxylation is 1. The maximum absolute atomic E-state index is 9.32. The van der Waals surface area contributed by atoms with Gasteiger partial charge < -0.3 is 5.11 Å². The molecule has 148 valence electrons. The quantitative estimate of drug-likeness (QED) is 0.622. The lowest BCUT2D eigenvalue weighted by atomic mass is 9.90. The average molecular weight is 386 g/mol. The van der Waals surface area contributed by atoms with E-state index in [0.717, 1.165) is 37.7 Å². The van der Waals surface area contributed by atoms with E-state index in [9.17, 15) is 5.11 Å². The number of hydrogen-bond donors (Lipinski definition) is 1. The van der Waals surface area contributed by atoms with Gasteiger partial charge in [-0.25, -0.2) is 0 Å². The van der Waals surface area contributed by atoms with Gasteiger partial charge >= 0.3 is 0 Å². The first-order valence-corrected chi connectivity index (χ1v) is 10.7. The molecule has 3 nitrogen and oxygen atoms in total. The second kappa shape index (κ2) is 9.15. The van der Waals surface area contributed by atoms with Crippen molar-refractivity contribution in [1.29, 1.82) is 0 Å². The van der Waals surface area contributed by atoms with Crippen molar-refractivity contribution in [3.05, 3.63) is 83.1 Å². The Hall–Kier alpha value is -2.78. The maximum atomic E-state index is 9.32. The van der Waals surface area contributed by atoms with Gasteiger partial charge in [-0.05, 0) is 29.5 Å². The standard InChI is InChI=1S/C26H29N2O/c1-2-8-21-19-27-25-12-6-5-11-24(25)22(21)13-14-26-23-10-4-3-9-20(23)15-17-28(26)16-7-18-29/h3-6,9-15,17,21,29H,2,7-8,16,18-19H2,1H3/q+1/b14-13+. The van der Waals surface area contributed by atoms with E-state index in [1.165, 1.54) is 27.3 Å². The zero-order chi connectivity index (χ0) is 20.1. The van der Waals surface area contributed by atoms with Crippen molar-refractivity contribution in [2.75, 3.05) is 13.2 Å². The molecule has 4 rings (SSSR count). The van der Waals surface area contributed by atoms with Gasteiger partial charge in [-0.1, -0.05) is 55.8 Å². The molecule has 0 saturated heterocycles. The summed E-state index contributed by atoms with van der Waals surface area (Å²) in [5.41, 5.74) is 2.58. The van der Waals surface area contributed by atoms with E-state index in [1.807, 2.05) is 0 Å². The summed E-state index contributed by atoms with van der Waals surface area (Å²) < 4.78 is 2.25. The monoisotopic (exact) mass is 385 g/mol. The molecule has 1 atom stereocenters. The lowest BCUT2D eigenvalue weighted by Gasteiger charge is -2.19. The van der Waals surface area contributed by atoms with E-state index in [2.05, 4.69) is 84.4 Å². The van der Waals surface area contributed by atoms with E-state index < -0.39 is 0 Å². The van der Waals surface area contributed by atoms with E-state index in [1.54, 1.807) is 0 Å². The highest BCUT2D eigenvalue weighted by Crippen LogP contribution is 2.23. The number of pyridine rings is 1. The molecule has 2 aromatic carbocycles. The van der Waals surface area contributed by atoms with E-state index >= 15 is 0 Å². The Balaban J connectivity index is 1.86. The normalized spacial score (nSPS) is 16.2. The number of allylic oxidation sites excluding steroid dienone is 1. The third kappa shape index (κ3) is 4.15. The second-order valence-electron chi connectivity index (χ2n) is 7.69. The van der Waals surface area contributed by atoms with Crippen molar-refractivity contribution in [3.8, 4) is 0 Å². The molecule has 1 unspecified atom stereocenters. The minimum atomic E-state index is 0.202. The molecule has 2 heterocycles. The summed E-state index contributed by atoms with van der Waals surface area (Å²) in [4.78, 5) is 4.82. The summed E-state index contributed by atoms with van der Waals surface area (Å²) in [6.07, 6.45) is 9.77. The Morgan fingerprint density at radius 2 is 1.90 bits per heavy atom.